The Bertz CT molecular complexity index is 1500. The van der Waals surface area contributed by atoms with Crippen LogP contribution in [0.2, 0.25) is 5.02 Å². The molecule has 3 amide bonds. The summed E-state index contributed by atoms with van der Waals surface area (Å²) in [4.78, 5) is 49.0. The Morgan fingerprint density at radius 3 is 2.41 bits per heavy atom. The van der Waals surface area contributed by atoms with E-state index in [0.717, 1.165) is 11.4 Å². The summed E-state index contributed by atoms with van der Waals surface area (Å²) in [5, 5.41) is 10.8. The van der Waals surface area contributed by atoms with Gasteiger partial charge in [-0.2, -0.15) is 0 Å². The zero-order chi connectivity index (χ0) is 31.2. The first-order chi connectivity index (χ1) is 21.3. The molecule has 4 heterocycles. The minimum absolute atomic E-state index is 0.0699. The van der Waals surface area contributed by atoms with Crippen LogP contribution in [-0.2, 0) is 14.4 Å². The number of aliphatic hydroxyl groups is 1. The normalized spacial score (nSPS) is 29.2. The number of nitrogens with zero attached hydrogens (tertiary/aromatic N) is 3. The fourth-order valence-electron chi connectivity index (χ4n) is 7.26. The number of para-hydroxylation sites is 1. The largest absolute Gasteiger partial charge is 0.494 e. The summed E-state index contributed by atoms with van der Waals surface area (Å²) >= 11 is 8.11. The molecule has 4 aliphatic rings. The Morgan fingerprint density at radius 1 is 1.00 bits per heavy atom. The second-order valence-corrected chi connectivity index (χ2v) is 13.7. The Morgan fingerprint density at radius 2 is 1.73 bits per heavy atom. The van der Waals surface area contributed by atoms with Crippen LogP contribution in [0.1, 0.15) is 27.2 Å². The van der Waals surface area contributed by atoms with Crippen molar-refractivity contribution < 1.29 is 24.2 Å². The number of aliphatic hydroxyl groups excluding tert-OH is 1. The van der Waals surface area contributed by atoms with Crippen molar-refractivity contribution in [2.45, 2.75) is 49.3 Å². The maximum Gasteiger partial charge on any atom is 0.251 e. The number of hydrogen-bond donors (Lipinski definition) is 1. The molecule has 1 spiro atoms. The van der Waals surface area contributed by atoms with Crippen LogP contribution in [-0.4, -0.2) is 76.1 Å². The summed E-state index contributed by atoms with van der Waals surface area (Å²) in [6.45, 7) is 6.83. The van der Waals surface area contributed by atoms with E-state index < -0.39 is 28.7 Å². The highest BCUT2D eigenvalue weighted by Gasteiger charge is 2.72. The summed E-state index contributed by atoms with van der Waals surface area (Å²) in [5.74, 6) is -1.49. The molecule has 7 atom stereocenters. The van der Waals surface area contributed by atoms with Crippen LogP contribution in [0.15, 0.2) is 72.8 Å². The van der Waals surface area contributed by atoms with Crippen LogP contribution in [0.25, 0.3) is 0 Å². The Labute approximate surface area is 267 Å². The van der Waals surface area contributed by atoms with Crippen molar-refractivity contribution in [3.05, 3.63) is 77.9 Å². The molecule has 2 aromatic rings. The third-order valence-electron chi connectivity index (χ3n) is 9.54. The maximum absolute atomic E-state index is 14.8. The van der Waals surface area contributed by atoms with E-state index >= 15 is 0 Å². The highest BCUT2D eigenvalue weighted by molar-refractivity contribution is 8.02. The van der Waals surface area contributed by atoms with Crippen LogP contribution in [0.4, 0.5) is 11.4 Å². The van der Waals surface area contributed by atoms with Gasteiger partial charge in [0.1, 0.15) is 11.8 Å². The van der Waals surface area contributed by atoms with Crippen molar-refractivity contribution in [2.24, 2.45) is 17.8 Å². The Balaban J connectivity index is 1.45. The van der Waals surface area contributed by atoms with Gasteiger partial charge < -0.3 is 24.5 Å². The Kier molecular flexibility index (Phi) is 8.56. The predicted molar refractivity (Wildman–Crippen MR) is 174 cm³/mol. The lowest BCUT2D eigenvalue weighted by molar-refractivity contribution is -0.142. The van der Waals surface area contributed by atoms with Gasteiger partial charge in [-0.05, 0) is 49.2 Å². The van der Waals surface area contributed by atoms with Crippen molar-refractivity contribution in [1.82, 2.24) is 4.90 Å². The van der Waals surface area contributed by atoms with E-state index in [9.17, 15) is 19.5 Å². The first kappa shape index (κ1) is 30.7. The molecule has 1 N–H and O–H groups in total. The summed E-state index contributed by atoms with van der Waals surface area (Å²) in [5.41, 5.74) is 1.29. The molecule has 0 aromatic heterocycles. The van der Waals surface area contributed by atoms with Gasteiger partial charge in [0.25, 0.3) is 5.91 Å². The van der Waals surface area contributed by atoms with Crippen LogP contribution < -0.4 is 14.5 Å². The van der Waals surface area contributed by atoms with Crippen LogP contribution in [0, 0.1) is 17.8 Å². The van der Waals surface area contributed by atoms with E-state index in [1.165, 1.54) is 11.8 Å². The number of amides is 3. The number of thioether (sulfide) groups is 1. The SMILES string of the molecule is CCOc1ccc(N2CC=C[C@@H]3S[C@]45C=CCN(c6ccccc6Cl)C(=O)C4N([C@@H](CO)[C@@H](C)CC)C(=O)[C@@H]5[C@@H]3C2=O)cc1. The summed E-state index contributed by atoms with van der Waals surface area (Å²) in [6, 6.07) is 13.1. The molecule has 2 saturated heterocycles. The smallest absolute Gasteiger partial charge is 0.251 e. The maximum atomic E-state index is 14.8. The second-order valence-electron chi connectivity index (χ2n) is 11.8. The van der Waals surface area contributed by atoms with Crippen LogP contribution >= 0.6 is 23.4 Å². The highest BCUT2D eigenvalue weighted by Crippen LogP contribution is 2.62. The molecule has 8 nitrogen and oxygen atoms in total. The molecule has 0 radical (unpaired) electrons. The number of fused-ring (bicyclic) bond motifs is 2. The lowest BCUT2D eigenvalue weighted by Gasteiger charge is -2.40. The number of carbonyl (C=O) groups excluding carboxylic acids is 3. The van der Waals surface area contributed by atoms with Crippen molar-refractivity contribution in [2.75, 3.05) is 36.1 Å². The molecule has 10 heteroatoms. The first-order valence-electron chi connectivity index (χ1n) is 15.3. The van der Waals surface area contributed by atoms with Crippen molar-refractivity contribution in [3.63, 3.8) is 0 Å². The van der Waals surface area contributed by atoms with Gasteiger partial charge in [-0.25, -0.2) is 0 Å². The van der Waals surface area contributed by atoms with Gasteiger partial charge in [-0.1, -0.05) is 68.3 Å². The molecule has 44 heavy (non-hydrogen) atoms. The lowest BCUT2D eigenvalue weighted by atomic mass is 9.78. The van der Waals surface area contributed by atoms with Gasteiger partial charge in [-0.15, -0.1) is 11.8 Å². The monoisotopic (exact) mass is 635 g/mol. The third kappa shape index (κ3) is 4.84. The molecule has 2 aromatic carbocycles. The van der Waals surface area contributed by atoms with E-state index in [1.807, 2.05) is 81.5 Å². The zero-order valence-corrected chi connectivity index (χ0v) is 26.7. The summed E-state index contributed by atoms with van der Waals surface area (Å²) in [7, 11) is 0. The van der Waals surface area contributed by atoms with Crippen molar-refractivity contribution >= 4 is 52.5 Å². The molecular weight excluding hydrogens is 598 g/mol. The molecule has 0 bridgehead atoms. The topological polar surface area (TPSA) is 90.4 Å². The fourth-order valence-corrected chi connectivity index (χ4v) is 9.49. The minimum atomic E-state index is -0.998. The Hall–Kier alpha value is -3.27. The molecule has 2 fully saturated rings. The molecule has 0 saturated carbocycles. The molecule has 1 unspecified atom stereocenters. The van der Waals surface area contributed by atoms with Gasteiger partial charge in [0, 0.05) is 24.0 Å². The van der Waals surface area contributed by atoms with Gasteiger partial charge in [-0.3, -0.25) is 14.4 Å². The summed E-state index contributed by atoms with van der Waals surface area (Å²) < 4.78 is 4.60. The van der Waals surface area contributed by atoms with Crippen molar-refractivity contribution in [3.8, 4) is 5.75 Å². The quantitative estimate of drug-likeness (QED) is 0.413. The highest BCUT2D eigenvalue weighted by atomic mass is 35.5. The number of ether oxygens (including phenoxy) is 1. The average molecular weight is 636 g/mol. The van der Waals surface area contributed by atoms with Gasteiger partial charge in [0.15, 0.2) is 0 Å². The van der Waals surface area contributed by atoms with Gasteiger partial charge >= 0.3 is 0 Å². The average Bonchev–Trinajstić information content (AvgIpc) is 3.34. The van der Waals surface area contributed by atoms with Gasteiger partial charge in [0.2, 0.25) is 11.8 Å². The van der Waals surface area contributed by atoms with E-state index in [-0.39, 0.29) is 42.0 Å². The molecule has 6 rings (SSSR count). The number of carbonyl (C=O) groups is 3. The van der Waals surface area contributed by atoms with E-state index in [4.69, 9.17) is 16.3 Å². The molecule has 232 valence electrons. The minimum Gasteiger partial charge on any atom is -0.494 e. The molecular formula is C34H38ClN3O5S. The first-order valence-corrected chi connectivity index (χ1v) is 16.6. The fraction of sp³-hybridized carbons (Fsp3) is 0.441. The second kappa shape index (κ2) is 12.3. The van der Waals surface area contributed by atoms with Gasteiger partial charge in [0.05, 0.1) is 46.5 Å². The number of anilines is 2. The lowest BCUT2D eigenvalue weighted by Crippen LogP contribution is -2.58. The van der Waals surface area contributed by atoms with E-state index in [2.05, 4.69) is 0 Å². The number of halogens is 1. The number of hydrogen-bond acceptors (Lipinski definition) is 6. The van der Waals surface area contributed by atoms with Crippen LogP contribution in [0.3, 0.4) is 0 Å². The number of benzene rings is 2. The number of likely N-dealkylation sites (tertiary alicyclic amines) is 1. The third-order valence-corrected chi connectivity index (χ3v) is 11.6. The zero-order valence-electron chi connectivity index (χ0n) is 25.1. The van der Waals surface area contributed by atoms with E-state index in [0.29, 0.717) is 30.3 Å². The molecule has 0 aliphatic carbocycles. The standard InChI is InChI=1S/C34H38ClN3O5S/c1-4-21(3)26(20-39)38-30-33(42)37(25-11-7-6-10-24(25)35)19-9-17-34(30)29(32(38)41)28-27(44-34)12-8-18-36(31(28)40)22-13-15-23(16-14-22)43-5-2/h6-17,21,26-30,39H,4-5,18-20H2,1-3H3/t21-,26-,27-,28+,29-,30?,34-/m0/s1. The summed E-state index contributed by atoms with van der Waals surface area (Å²) in [6.07, 6.45) is 8.64. The molecule has 4 aliphatic heterocycles. The predicted octanol–water partition coefficient (Wildman–Crippen LogP) is 4.95. The van der Waals surface area contributed by atoms with Crippen LogP contribution in [0.5, 0.6) is 5.75 Å². The van der Waals surface area contributed by atoms with E-state index in [1.54, 1.807) is 26.8 Å². The van der Waals surface area contributed by atoms with Crippen molar-refractivity contribution in [1.29, 1.82) is 0 Å². The number of rotatable bonds is 8.